The van der Waals surface area contributed by atoms with Crippen LogP contribution in [0.2, 0.25) is 10.0 Å². The number of halogens is 3. The summed E-state index contributed by atoms with van der Waals surface area (Å²) in [6.45, 7) is 0.423. The summed E-state index contributed by atoms with van der Waals surface area (Å²) in [5.41, 5.74) is 0.949. The Morgan fingerprint density at radius 2 is 1.82 bits per heavy atom. The van der Waals surface area contributed by atoms with E-state index in [9.17, 15) is 0 Å². The molecular formula is C13H9BrCl2O. The van der Waals surface area contributed by atoms with Gasteiger partial charge in [-0.3, -0.25) is 0 Å². The third-order valence-electron chi connectivity index (χ3n) is 2.19. The van der Waals surface area contributed by atoms with Gasteiger partial charge in [-0.2, -0.15) is 0 Å². The molecule has 2 aromatic rings. The second kappa shape index (κ2) is 5.76. The molecule has 0 unspecified atom stereocenters. The van der Waals surface area contributed by atoms with Crippen LogP contribution >= 0.6 is 39.1 Å². The van der Waals surface area contributed by atoms with Gasteiger partial charge in [0.2, 0.25) is 0 Å². The van der Waals surface area contributed by atoms with Gasteiger partial charge in [0.15, 0.2) is 0 Å². The van der Waals surface area contributed by atoms with Crippen LogP contribution < -0.4 is 4.74 Å². The van der Waals surface area contributed by atoms with Gasteiger partial charge in [0, 0.05) is 20.1 Å². The maximum atomic E-state index is 6.04. The van der Waals surface area contributed by atoms with E-state index >= 15 is 0 Å². The fraction of sp³-hybridized carbons (Fsp3) is 0.0769. The van der Waals surface area contributed by atoms with Gasteiger partial charge < -0.3 is 4.74 Å². The van der Waals surface area contributed by atoms with Gasteiger partial charge in [0.1, 0.15) is 12.4 Å². The smallest absolute Gasteiger partial charge is 0.122 e. The van der Waals surface area contributed by atoms with Gasteiger partial charge in [0.05, 0.1) is 0 Å². The molecule has 0 atom stereocenters. The van der Waals surface area contributed by atoms with Crippen molar-refractivity contribution in [2.24, 2.45) is 0 Å². The minimum atomic E-state index is 0.423. The van der Waals surface area contributed by atoms with E-state index in [1.54, 1.807) is 6.07 Å². The highest BCUT2D eigenvalue weighted by atomic mass is 79.9. The fourth-order valence-electron chi connectivity index (χ4n) is 1.39. The van der Waals surface area contributed by atoms with Crippen molar-refractivity contribution in [3.05, 3.63) is 62.5 Å². The zero-order chi connectivity index (χ0) is 12.3. The molecule has 0 bridgehead atoms. The molecule has 0 radical (unpaired) electrons. The molecule has 0 aliphatic heterocycles. The summed E-state index contributed by atoms with van der Waals surface area (Å²) in [5.74, 6) is 0.712. The molecule has 17 heavy (non-hydrogen) atoms. The topological polar surface area (TPSA) is 9.23 Å². The van der Waals surface area contributed by atoms with Crippen molar-refractivity contribution in [1.29, 1.82) is 0 Å². The standard InChI is InChI=1S/C13H9BrCl2O/c14-10-5-11(15)7-12(6-10)17-8-9-3-1-2-4-13(9)16/h1-7H,8H2. The van der Waals surface area contributed by atoms with Crippen LogP contribution in [0.25, 0.3) is 0 Å². The predicted molar refractivity (Wildman–Crippen MR) is 74.9 cm³/mol. The van der Waals surface area contributed by atoms with E-state index in [-0.39, 0.29) is 0 Å². The van der Waals surface area contributed by atoms with E-state index in [1.165, 1.54) is 0 Å². The molecule has 4 heteroatoms. The van der Waals surface area contributed by atoms with Crippen LogP contribution in [0.4, 0.5) is 0 Å². The van der Waals surface area contributed by atoms with Crippen molar-refractivity contribution >= 4 is 39.1 Å². The van der Waals surface area contributed by atoms with Crippen LogP contribution in [0, 0.1) is 0 Å². The van der Waals surface area contributed by atoms with Crippen LogP contribution in [0.1, 0.15) is 5.56 Å². The lowest BCUT2D eigenvalue weighted by Gasteiger charge is -2.08. The average Bonchev–Trinajstić information content (AvgIpc) is 2.27. The molecule has 0 aliphatic carbocycles. The van der Waals surface area contributed by atoms with Gasteiger partial charge in [0.25, 0.3) is 0 Å². The van der Waals surface area contributed by atoms with Crippen molar-refractivity contribution in [3.8, 4) is 5.75 Å². The maximum Gasteiger partial charge on any atom is 0.122 e. The lowest BCUT2D eigenvalue weighted by atomic mass is 10.2. The first kappa shape index (κ1) is 12.7. The molecule has 2 aromatic carbocycles. The fourth-order valence-corrected chi connectivity index (χ4v) is 2.41. The van der Waals surface area contributed by atoms with Crippen LogP contribution in [-0.2, 0) is 6.61 Å². The van der Waals surface area contributed by atoms with Crippen LogP contribution in [0.15, 0.2) is 46.9 Å². The summed E-state index contributed by atoms with van der Waals surface area (Å²) < 4.78 is 6.52. The Kier molecular flexibility index (Phi) is 4.32. The highest BCUT2D eigenvalue weighted by Gasteiger charge is 2.02. The molecule has 0 saturated carbocycles. The molecule has 88 valence electrons. The normalized spacial score (nSPS) is 10.3. The summed E-state index contributed by atoms with van der Waals surface area (Å²) in [5, 5.41) is 1.34. The van der Waals surface area contributed by atoms with Gasteiger partial charge in [-0.15, -0.1) is 0 Å². The van der Waals surface area contributed by atoms with Crippen LogP contribution in [0.3, 0.4) is 0 Å². The van der Waals surface area contributed by atoms with E-state index < -0.39 is 0 Å². The van der Waals surface area contributed by atoms with Crippen molar-refractivity contribution in [1.82, 2.24) is 0 Å². The van der Waals surface area contributed by atoms with E-state index in [2.05, 4.69) is 15.9 Å². The van der Waals surface area contributed by atoms with Crippen molar-refractivity contribution < 1.29 is 4.74 Å². The van der Waals surface area contributed by atoms with E-state index in [1.807, 2.05) is 36.4 Å². The number of hydrogen-bond donors (Lipinski definition) is 0. The minimum Gasteiger partial charge on any atom is -0.489 e. The highest BCUT2D eigenvalue weighted by Crippen LogP contribution is 2.26. The van der Waals surface area contributed by atoms with Gasteiger partial charge in [-0.05, 0) is 24.3 Å². The lowest BCUT2D eigenvalue weighted by Crippen LogP contribution is -1.96. The number of ether oxygens (including phenoxy) is 1. The van der Waals surface area contributed by atoms with Crippen LogP contribution in [-0.4, -0.2) is 0 Å². The predicted octanol–water partition coefficient (Wildman–Crippen LogP) is 5.33. The first-order valence-corrected chi connectivity index (χ1v) is 6.52. The van der Waals surface area contributed by atoms with Crippen LogP contribution in [0.5, 0.6) is 5.75 Å². The molecule has 1 nitrogen and oxygen atoms in total. The molecule has 2 rings (SSSR count). The Labute approximate surface area is 118 Å². The third-order valence-corrected chi connectivity index (χ3v) is 3.23. The summed E-state index contributed by atoms with van der Waals surface area (Å²) in [4.78, 5) is 0. The molecule has 0 aliphatic rings. The molecule has 0 spiro atoms. The van der Waals surface area contributed by atoms with Crippen molar-refractivity contribution in [2.45, 2.75) is 6.61 Å². The minimum absolute atomic E-state index is 0.423. The Morgan fingerprint density at radius 1 is 1.06 bits per heavy atom. The quantitative estimate of drug-likeness (QED) is 0.738. The second-order valence-corrected chi connectivity index (χ2v) is 5.24. The van der Waals surface area contributed by atoms with E-state index in [0.29, 0.717) is 22.4 Å². The summed E-state index contributed by atoms with van der Waals surface area (Å²) >= 11 is 15.3. The molecule has 0 aromatic heterocycles. The van der Waals surface area contributed by atoms with Gasteiger partial charge >= 0.3 is 0 Å². The Hall–Kier alpha value is -0.700. The number of benzene rings is 2. The Morgan fingerprint density at radius 3 is 2.53 bits per heavy atom. The first-order valence-electron chi connectivity index (χ1n) is 4.97. The molecule has 0 heterocycles. The molecule has 0 amide bonds. The molecule has 0 fully saturated rings. The largest absolute Gasteiger partial charge is 0.489 e. The van der Waals surface area contributed by atoms with E-state index in [4.69, 9.17) is 27.9 Å². The first-order chi connectivity index (χ1) is 8.15. The molecular weight excluding hydrogens is 323 g/mol. The lowest BCUT2D eigenvalue weighted by molar-refractivity contribution is 0.306. The summed E-state index contributed by atoms with van der Waals surface area (Å²) in [7, 11) is 0. The number of hydrogen-bond acceptors (Lipinski definition) is 1. The van der Waals surface area contributed by atoms with Gasteiger partial charge in [-0.25, -0.2) is 0 Å². The second-order valence-electron chi connectivity index (χ2n) is 3.49. The van der Waals surface area contributed by atoms with Gasteiger partial charge in [-0.1, -0.05) is 57.3 Å². The zero-order valence-electron chi connectivity index (χ0n) is 8.79. The molecule has 0 N–H and O–H groups in total. The zero-order valence-corrected chi connectivity index (χ0v) is 11.9. The van der Waals surface area contributed by atoms with E-state index in [0.717, 1.165) is 10.0 Å². The Balaban J connectivity index is 2.10. The highest BCUT2D eigenvalue weighted by molar-refractivity contribution is 9.10. The van der Waals surface area contributed by atoms with Crippen molar-refractivity contribution in [3.63, 3.8) is 0 Å². The monoisotopic (exact) mass is 330 g/mol. The SMILES string of the molecule is Clc1cc(Br)cc(OCc2ccccc2Cl)c1. The third kappa shape index (κ3) is 3.63. The van der Waals surface area contributed by atoms with Crippen molar-refractivity contribution in [2.75, 3.05) is 0 Å². The maximum absolute atomic E-state index is 6.04. The summed E-state index contributed by atoms with van der Waals surface area (Å²) in [6.07, 6.45) is 0. The summed E-state index contributed by atoms with van der Waals surface area (Å²) in [6, 6.07) is 13.0. The Bertz CT molecular complexity index is 508. The number of rotatable bonds is 3. The average molecular weight is 332 g/mol. The molecule has 0 saturated heterocycles.